The van der Waals surface area contributed by atoms with E-state index >= 15 is 0 Å². The molecular formula is C27H23N5O. The Hall–Kier alpha value is -4.24. The average molecular weight is 434 g/mol. The van der Waals surface area contributed by atoms with Gasteiger partial charge in [-0.1, -0.05) is 48.5 Å². The molecule has 6 nitrogen and oxygen atoms in total. The van der Waals surface area contributed by atoms with Gasteiger partial charge in [0, 0.05) is 29.5 Å². The van der Waals surface area contributed by atoms with Crippen LogP contribution in [-0.4, -0.2) is 15.9 Å². The number of carbonyl (C=O) groups is 1. The van der Waals surface area contributed by atoms with Crippen LogP contribution in [0.4, 0.5) is 11.6 Å². The monoisotopic (exact) mass is 433 g/mol. The molecule has 1 aliphatic carbocycles. The van der Waals surface area contributed by atoms with Crippen LogP contribution in [0.1, 0.15) is 18.4 Å². The molecule has 6 heteroatoms. The maximum atomic E-state index is 12.5. The van der Waals surface area contributed by atoms with Crippen LogP contribution in [0.5, 0.6) is 0 Å². The summed E-state index contributed by atoms with van der Waals surface area (Å²) in [6, 6.07) is 22.4. The summed E-state index contributed by atoms with van der Waals surface area (Å²) in [4.78, 5) is 21.6. The van der Waals surface area contributed by atoms with Crippen LogP contribution in [0.2, 0.25) is 0 Å². The highest BCUT2D eigenvalue weighted by atomic mass is 16.2. The molecular weight excluding hydrogens is 410 g/mol. The fraction of sp³-hybridized carbons (Fsp3) is 0.185. The number of nitriles is 1. The molecule has 2 aromatic heterocycles. The summed E-state index contributed by atoms with van der Waals surface area (Å²) in [5, 5.41) is 13.3. The van der Waals surface area contributed by atoms with E-state index in [9.17, 15) is 4.79 Å². The molecule has 0 saturated heterocycles. The number of hydrogen-bond acceptors (Lipinski definition) is 5. The lowest BCUT2D eigenvalue weighted by molar-refractivity contribution is -0.117. The molecule has 0 unspecified atom stereocenters. The first kappa shape index (κ1) is 20.7. The highest BCUT2D eigenvalue weighted by Crippen LogP contribution is 2.42. The molecule has 0 radical (unpaired) electrons. The van der Waals surface area contributed by atoms with Crippen LogP contribution < -0.4 is 11.1 Å². The second kappa shape index (κ2) is 8.36. The number of carbonyl (C=O) groups excluding carboxylic acids is 1. The summed E-state index contributed by atoms with van der Waals surface area (Å²) >= 11 is 0. The third-order valence-electron chi connectivity index (χ3n) is 6.22. The fourth-order valence-electron chi connectivity index (χ4n) is 4.37. The van der Waals surface area contributed by atoms with E-state index in [1.165, 1.54) is 0 Å². The van der Waals surface area contributed by atoms with Crippen molar-refractivity contribution >= 4 is 28.3 Å². The molecule has 0 spiro atoms. The summed E-state index contributed by atoms with van der Waals surface area (Å²) in [5.41, 5.74) is 11.4. The van der Waals surface area contributed by atoms with Gasteiger partial charge in [-0.25, -0.2) is 9.97 Å². The first-order valence-electron chi connectivity index (χ1n) is 10.9. The topological polar surface area (TPSA) is 105 Å². The Balaban J connectivity index is 1.54. The number of fused-ring (bicyclic) bond motifs is 1. The maximum absolute atomic E-state index is 12.5. The summed E-state index contributed by atoms with van der Waals surface area (Å²) in [6.45, 7) is 2.06. The van der Waals surface area contributed by atoms with Gasteiger partial charge in [0.2, 0.25) is 5.91 Å². The molecule has 0 bridgehead atoms. The van der Waals surface area contributed by atoms with Crippen molar-refractivity contribution in [3.8, 4) is 28.5 Å². The van der Waals surface area contributed by atoms with E-state index in [2.05, 4.69) is 47.6 Å². The lowest BCUT2D eigenvalue weighted by Gasteiger charge is -2.14. The van der Waals surface area contributed by atoms with E-state index < -0.39 is 0 Å². The Bertz CT molecular complexity index is 1410. The molecule has 1 fully saturated rings. The zero-order valence-corrected chi connectivity index (χ0v) is 18.2. The molecule has 162 valence electrons. The summed E-state index contributed by atoms with van der Waals surface area (Å²) in [7, 11) is 0. The van der Waals surface area contributed by atoms with E-state index in [0.717, 1.165) is 45.1 Å². The second-order valence-corrected chi connectivity index (χ2v) is 8.50. The van der Waals surface area contributed by atoms with Crippen LogP contribution in [0.15, 0.2) is 66.9 Å². The van der Waals surface area contributed by atoms with Gasteiger partial charge in [-0.05, 0) is 53.5 Å². The van der Waals surface area contributed by atoms with Gasteiger partial charge in [-0.15, -0.1) is 0 Å². The average Bonchev–Trinajstić information content (AvgIpc) is 3.59. The molecule has 2 aromatic carbocycles. The van der Waals surface area contributed by atoms with Crippen molar-refractivity contribution in [3.63, 3.8) is 0 Å². The van der Waals surface area contributed by atoms with Crippen LogP contribution in [0, 0.1) is 30.1 Å². The number of hydrogen-bond donors (Lipinski definition) is 2. The van der Waals surface area contributed by atoms with Crippen molar-refractivity contribution < 1.29 is 4.79 Å². The first-order valence-corrected chi connectivity index (χ1v) is 10.9. The Labute approximate surface area is 192 Å². The molecule has 1 aliphatic rings. The Morgan fingerprint density at radius 2 is 2.00 bits per heavy atom. The zero-order chi connectivity index (χ0) is 22.9. The number of rotatable bonds is 5. The number of nitrogens with one attached hydrogen (secondary N) is 1. The first-order chi connectivity index (χ1) is 16.0. The summed E-state index contributed by atoms with van der Waals surface area (Å²) < 4.78 is 0. The maximum Gasteiger partial charge on any atom is 0.228 e. The third kappa shape index (κ3) is 4.01. The normalized spacial score (nSPS) is 16.8. The molecule has 2 heterocycles. The molecule has 2 atom stereocenters. The predicted octanol–water partition coefficient (Wildman–Crippen LogP) is 5.34. The van der Waals surface area contributed by atoms with Crippen LogP contribution >= 0.6 is 0 Å². The van der Waals surface area contributed by atoms with E-state index in [4.69, 9.17) is 16.0 Å². The van der Waals surface area contributed by atoms with Crippen LogP contribution in [0.25, 0.3) is 33.2 Å². The van der Waals surface area contributed by atoms with Gasteiger partial charge in [0.1, 0.15) is 11.6 Å². The lowest BCUT2D eigenvalue weighted by atomic mass is 9.93. The van der Waals surface area contributed by atoms with E-state index in [0.29, 0.717) is 18.1 Å². The minimum absolute atomic E-state index is 0.0883. The van der Waals surface area contributed by atoms with Crippen LogP contribution in [0.3, 0.4) is 0 Å². The van der Waals surface area contributed by atoms with E-state index in [1.54, 1.807) is 6.20 Å². The highest BCUT2D eigenvalue weighted by molar-refractivity contribution is 5.99. The molecule has 0 aliphatic heterocycles. The van der Waals surface area contributed by atoms with Crippen molar-refractivity contribution in [1.29, 1.82) is 5.26 Å². The molecule has 33 heavy (non-hydrogen) atoms. The predicted molar refractivity (Wildman–Crippen MR) is 130 cm³/mol. The third-order valence-corrected chi connectivity index (χ3v) is 6.22. The number of anilines is 2. The van der Waals surface area contributed by atoms with Crippen molar-refractivity contribution in [2.45, 2.75) is 19.8 Å². The number of nitrogens with two attached hydrogens (primary N) is 1. The Morgan fingerprint density at radius 3 is 2.79 bits per heavy atom. The zero-order valence-electron chi connectivity index (χ0n) is 18.2. The van der Waals surface area contributed by atoms with E-state index in [-0.39, 0.29) is 17.7 Å². The van der Waals surface area contributed by atoms with Crippen molar-refractivity contribution in [1.82, 2.24) is 9.97 Å². The van der Waals surface area contributed by atoms with Gasteiger partial charge in [0.15, 0.2) is 0 Å². The number of pyridine rings is 2. The fourth-order valence-corrected chi connectivity index (χ4v) is 4.37. The van der Waals surface area contributed by atoms with Gasteiger partial charge in [0.25, 0.3) is 0 Å². The molecule has 4 aromatic rings. The summed E-state index contributed by atoms with van der Waals surface area (Å²) in [5.74, 6) is 0.820. The van der Waals surface area contributed by atoms with Crippen molar-refractivity contribution in [2.24, 2.45) is 11.8 Å². The molecule has 1 saturated carbocycles. The number of aryl methyl sites for hydroxylation is 1. The number of amides is 1. The Kier molecular flexibility index (Phi) is 5.23. The second-order valence-electron chi connectivity index (χ2n) is 8.50. The van der Waals surface area contributed by atoms with Crippen LogP contribution in [-0.2, 0) is 4.79 Å². The molecule has 3 N–H and O–H groups in total. The minimum Gasteiger partial charge on any atom is -0.383 e. The largest absolute Gasteiger partial charge is 0.383 e. The quantitative estimate of drug-likeness (QED) is 0.442. The van der Waals surface area contributed by atoms with Crippen molar-refractivity contribution in [3.05, 3.63) is 72.4 Å². The lowest BCUT2D eigenvalue weighted by Crippen LogP contribution is -2.15. The van der Waals surface area contributed by atoms with Crippen molar-refractivity contribution in [2.75, 3.05) is 11.1 Å². The molecule has 1 amide bonds. The smallest absolute Gasteiger partial charge is 0.228 e. The van der Waals surface area contributed by atoms with Gasteiger partial charge < -0.3 is 11.1 Å². The summed E-state index contributed by atoms with van der Waals surface area (Å²) in [6.07, 6.45) is 2.81. The van der Waals surface area contributed by atoms with Gasteiger partial charge in [0.05, 0.1) is 11.8 Å². The van der Waals surface area contributed by atoms with Gasteiger partial charge in [-0.3, -0.25) is 4.79 Å². The standard InChI is InChI=1S/C27H23N5O/c1-16-6-5-9-20(17-7-3-2-4-8-17)25(16)23-13-19-14-24(30-15-22(19)26(29)31-23)32-27(33)21-12-18(21)10-11-28/h2-9,13-15,18,21H,10,12H2,1H3,(H2,29,31)(H,30,32,33)/t18-,21-/m1/s1. The Morgan fingerprint density at radius 1 is 1.18 bits per heavy atom. The number of benzene rings is 2. The number of aromatic nitrogens is 2. The van der Waals surface area contributed by atoms with Gasteiger partial charge in [-0.2, -0.15) is 5.26 Å². The number of nitrogen functional groups attached to an aromatic ring is 1. The number of nitrogens with zero attached hydrogens (tertiary/aromatic N) is 3. The highest BCUT2D eigenvalue weighted by Gasteiger charge is 2.42. The SMILES string of the molecule is Cc1cccc(-c2ccccc2)c1-c1cc2cc(NC(=O)[C@@H]3C[C@H]3CC#N)ncc2c(N)n1. The minimum atomic E-state index is -0.111. The molecule has 5 rings (SSSR count). The van der Waals surface area contributed by atoms with E-state index in [1.807, 2.05) is 36.4 Å². The van der Waals surface area contributed by atoms with Gasteiger partial charge >= 0.3 is 0 Å².